The van der Waals surface area contributed by atoms with E-state index in [1.807, 2.05) is 13.0 Å². The molecular weight excluding hydrogens is 192 g/mol. The van der Waals surface area contributed by atoms with Crippen LogP contribution in [-0.4, -0.2) is 23.7 Å². The smallest absolute Gasteiger partial charge is 0.254 e. The van der Waals surface area contributed by atoms with Crippen LogP contribution < -0.4 is 5.32 Å². The van der Waals surface area contributed by atoms with E-state index < -0.39 is 0 Å². The third-order valence-electron chi connectivity index (χ3n) is 2.40. The molecule has 0 spiro atoms. The van der Waals surface area contributed by atoms with Gasteiger partial charge in [0.2, 0.25) is 0 Å². The maximum Gasteiger partial charge on any atom is 0.254 e. The summed E-state index contributed by atoms with van der Waals surface area (Å²) in [4.78, 5) is 15.8. The van der Waals surface area contributed by atoms with Crippen molar-refractivity contribution in [1.29, 1.82) is 0 Å². The molecule has 1 saturated heterocycles. The number of rotatable bonds is 2. The third kappa shape index (κ3) is 2.53. The lowest BCUT2D eigenvalue weighted by Crippen LogP contribution is -2.34. The van der Waals surface area contributed by atoms with E-state index >= 15 is 0 Å². The maximum absolute atomic E-state index is 11.7. The number of hydrogen-bond acceptors (Lipinski definition) is 3. The van der Waals surface area contributed by atoms with Crippen LogP contribution in [0.3, 0.4) is 0 Å². The molecule has 1 amide bonds. The highest BCUT2D eigenvalue weighted by Gasteiger charge is 2.18. The van der Waals surface area contributed by atoms with Crippen molar-refractivity contribution in [3.05, 3.63) is 29.6 Å². The van der Waals surface area contributed by atoms with Crippen molar-refractivity contribution in [2.75, 3.05) is 6.61 Å². The number of amides is 1. The van der Waals surface area contributed by atoms with Crippen LogP contribution in [0.15, 0.2) is 18.3 Å². The minimum Gasteiger partial charge on any atom is -0.359 e. The fourth-order valence-electron chi connectivity index (χ4n) is 1.52. The third-order valence-corrected chi connectivity index (χ3v) is 2.40. The summed E-state index contributed by atoms with van der Waals surface area (Å²) >= 11 is 0. The summed E-state index contributed by atoms with van der Waals surface area (Å²) in [5, 5.41) is 2.81. The summed E-state index contributed by atoms with van der Waals surface area (Å²) in [6.45, 7) is 2.62. The average Bonchev–Trinajstić information content (AvgIpc) is 2.71. The van der Waals surface area contributed by atoms with Gasteiger partial charge in [-0.2, -0.15) is 0 Å². The molecule has 1 N–H and O–H groups in total. The van der Waals surface area contributed by atoms with Crippen LogP contribution in [0.1, 0.15) is 28.9 Å². The number of pyridine rings is 1. The summed E-state index contributed by atoms with van der Waals surface area (Å²) in [5.74, 6) is -0.116. The van der Waals surface area contributed by atoms with E-state index in [-0.39, 0.29) is 12.1 Å². The molecule has 1 atom stereocenters. The van der Waals surface area contributed by atoms with Crippen molar-refractivity contribution in [3.63, 3.8) is 0 Å². The largest absolute Gasteiger partial charge is 0.359 e. The van der Waals surface area contributed by atoms with Gasteiger partial charge in [-0.15, -0.1) is 0 Å². The number of aromatic nitrogens is 1. The fourth-order valence-corrected chi connectivity index (χ4v) is 1.52. The van der Waals surface area contributed by atoms with Gasteiger partial charge >= 0.3 is 0 Å². The lowest BCUT2D eigenvalue weighted by atomic mass is 10.2. The second-order valence-corrected chi connectivity index (χ2v) is 3.66. The van der Waals surface area contributed by atoms with Gasteiger partial charge in [-0.25, -0.2) is 0 Å². The standard InChI is InChI=1S/C11H14N2O2/c1-8-4-5-9(7-12-8)11(14)13-10-3-2-6-15-10/h4-5,7,10H,2-3,6H2,1H3,(H,13,14). The zero-order valence-corrected chi connectivity index (χ0v) is 8.69. The number of aryl methyl sites for hydroxylation is 1. The molecule has 1 aromatic heterocycles. The van der Waals surface area contributed by atoms with Crippen molar-refractivity contribution in [2.24, 2.45) is 0 Å². The zero-order chi connectivity index (χ0) is 10.7. The molecule has 0 radical (unpaired) electrons. The van der Waals surface area contributed by atoms with Gasteiger partial charge in [0.25, 0.3) is 5.91 Å². The Kier molecular flexibility index (Phi) is 2.97. The van der Waals surface area contributed by atoms with Gasteiger partial charge in [0.15, 0.2) is 0 Å². The lowest BCUT2D eigenvalue weighted by Gasteiger charge is -2.11. The molecule has 80 valence electrons. The molecule has 1 unspecified atom stereocenters. The number of nitrogens with zero attached hydrogens (tertiary/aromatic N) is 1. The molecule has 2 heterocycles. The number of hydrogen-bond donors (Lipinski definition) is 1. The summed E-state index contributed by atoms with van der Waals surface area (Å²) < 4.78 is 5.32. The minimum absolute atomic E-state index is 0.116. The van der Waals surface area contributed by atoms with Crippen LogP contribution in [0.25, 0.3) is 0 Å². The molecule has 4 heteroatoms. The van der Waals surface area contributed by atoms with Crippen molar-refractivity contribution in [1.82, 2.24) is 10.3 Å². The molecule has 1 aliphatic rings. The topological polar surface area (TPSA) is 51.2 Å². The highest BCUT2D eigenvalue weighted by atomic mass is 16.5. The molecule has 1 aromatic rings. The first-order chi connectivity index (χ1) is 7.25. The molecule has 0 aliphatic carbocycles. The molecule has 0 bridgehead atoms. The van der Waals surface area contributed by atoms with Crippen molar-refractivity contribution < 1.29 is 9.53 Å². The Balaban J connectivity index is 1.98. The molecule has 15 heavy (non-hydrogen) atoms. The van der Waals surface area contributed by atoms with Gasteiger partial charge in [-0.1, -0.05) is 0 Å². The van der Waals surface area contributed by atoms with Crippen LogP contribution in [0.4, 0.5) is 0 Å². The minimum atomic E-state index is -0.126. The van der Waals surface area contributed by atoms with Gasteiger partial charge in [0, 0.05) is 18.5 Å². The number of carbonyl (C=O) groups is 1. The Labute approximate surface area is 88.7 Å². The van der Waals surface area contributed by atoms with E-state index in [2.05, 4.69) is 10.3 Å². The van der Waals surface area contributed by atoms with E-state index in [1.54, 1.807) is 12.3 Å². The Hall–Kier alpha value is -1.42. The second kappa shape index (κ2) is 4.40. The van der Waals surface area contributed by atoms with E-state index in [4.69, 9.17) is 4.74 Å². The first-order valence-electron chi connectivity index (χ1n) is 5.11. The van der Waals surface area contributed by atoms with E-state index in [0.717, 1.165) is 25.1 Å². The average molecular weight is 206 g/mol. The van der Waals surface area contributed by atoms with Gasteiger partial charge in [0.05, 0.1) is 5.56 Å². The predicted octanol–water partition coefficient (Wildman–Crippen LogP) is 1.26. The first-order valence-corrected chi connectivity index (χ1v) is 5.11. The maximum atomic E-state index is 11.7. The van der Waals surface area contributed by atoms with Gasteiger partial charge < -0.3 is 10.1 Å². The van der Waals surface area contributed by atoms with Crippen molar-refractivity contribution in [2.45, 2.75) is 26.0 Å². The van der Waals surface area contributed by atoms with Crippen LogP contribution in [0.2, 0.25) is 0 Å². The number of carbonyl (C=O) groups excluding carboxylic acids is 1. The van der Waals surface area contributed by atoms with Crippen molar-refractivity contribution in [3.8, 4) is 0 Å². The second-order valence-electron chi connectivity index (χ2n) is 3.66. The van der Waals surface area contributed by atoms with Gasteiger partial charge in [-0.3, -0.25) is 9.78 Å². The molecule has 4 nitrogen and oxygen atoms in total. The van der Waals surface area contributed by atoms with Crippen LogP contribution >= 0.6 is 0 Å². The van der Waals surface area contributed by atoms with Crippen LogP contribution in [0.5, 0.6) is 0 Å². The molecule has 1 aliphatic heterocycles. The number of ether oxygens (including phenoxy) is 1. The van der Waals surface area contributed by atoms with Gasteiger partial charge in [-0.05, 0) is 31.9 Å². The Morgan fingerprint density at radius 1 is 1.60 bits per heavy atom. The molecular formula is C11H14N2O2. The Bertz CT molecular complexity index is 342. The highest BCUT2D eigenvalue weighted by molar-refractivity contribution is 5.93. The predicted molar refractivity (Wildman–Crippen MR) is 55.4 cm³/mol. The lowest BCUT2D eigenvalue weighted by molar-refractivity contribution is 0.0639. The van der Waals surface area contributed by atoms with Crippen LogP contribution in [0, 0.1) is 6.92 Å². The summed E-state index contributed by atoms with van der Waals surface area (Å²) in [6, 6.07) is 3.59. The monoisotopic (exact) mass is 206 g/mol. The zero-order valence-electron chi connectivity index (χ0n) is 8.69. The molecule has 0 saturated carbocycles. The molecule has 0 aromatic carbocycles. The summed E-state index contributed by atoms with van der Waals surface area (Å²) in [7, 11) is 0. The first kappa shape index (κ1) is 10.1. The number of nitrogens with one attached hydrogen (secondary N) is 1. The summed E-state index contributed by atoms with van der Waals surface area (Å²) in [6.07, 6.45) is 3.36. The normalized spacial score (nSPS) is 20.2. The Morgan fingerprint density at radius 3 is 3.07 bits per heavy atom. The van der Waals surface area contributed by atoms with Crippen molar-refractivity contribution >= 4 is 5.91 Å². The quantitative estimate of drug-likeness (QED) is 0.792. The van der Waals surface area contributed by atoms with E-state index in [0.29, 0.717) is 5.56 Å². The molecule has 2 rings (SSSR count). The highest BCUT2D eigenvalue weighted by Crippen LogP contribution is 2.10. The van der Waals surface area contributed by atoms with Gasteiger partial charge in [0.1, 0.15) is 6.23 Å². The fraction of sp³-hybridized carbons (Fsp3) is 0.455. The molecule has 1 fully saturated rings. The van der Waals surface area contributed by atoms with E-state index in [9.17, 15) is 4.79 Å². The Morgan fingerprint density at radius 2 is 2.47 bits per heavy atom. The van der Waals surface area contributed by atoms with Crippen LogP contribution in [-0.2, 0) is 4.74 Å². The van der Waals surface area contributed by atoms with E-state index in [1.165, 1.54) is 0 Å². The summed E-state index contributed by atoms with van der Waals surface area (Å²) in [5.41, 5.74) is 1.49. The SMILES string of the molecule is Cc1ccc(C(=O)NC2CCCO2)cn1.